The number of carbonyl (C=O) groups excluding carboxylic acids is 1. The maximum Gasteiger partial charge on any atom is 0.407 e. The molecule has 10 nitrogen and oxygen atoms in total. The van der Waals surface area contributed by atoms with Crippen LogP contribution in [-0.4, -0.2) is 49.8 Å². The summed E-state index contributed by atoms with van der Waals surface area (Å²) in [7, 11) is 1.58. The molecule has 10 heteroatoms. The molecule has 1 saturated heterocycles. The third-order valence-electron chi connectivity index (χ3n) is 4.33. The summed E-state index contributed by atoms with van der Waals surface area (Å²) in [5.41, 5.74) is -1.93. The fourth-order valence-corrected chi connectivity index (χ4v) is 3.20. The number of nitrogens with one attached hydrogen (secondary N) is 1. The molecule has 1 aliphatic heterocycles. The average Bonchev–Trinajstić information content (AvgIpc) is 2.84. The van der Waals surface area contributed by atoms with Crippen LogP contribution in [0.25, 0.3) is 0 Å². The Hall–Kier alpha value is -2.20. The summed E-state index contributed by atoms with van der Waals surface area (Å²) < 4.78 is 12.4. The zero-order valence-electron chi connectivity index (χ0n) is 15.8. The topological polar surface area (TPSA) is 129 Å². The van der Waals surface area contributed by atoms with E-state index in [9.17, 15) is 20.0 Å². The molecule has 26 heavy (non-hydrogen) atoms. The Balaban J connectivity index is 2.30. The molecule has 1 aliphatic rings. The van der Waals surface area contributed by atoms with Crippen molar-refractivity contribution in [2.24, 2.45) is 13.0 Å². The monoisotopic (exact) mass is 370 g/mol. The van der Waals surface area contributed by atoms with E-state index in [1.54, 1.807) is 41.7 Å². The standard InChI is InChI=1S/C16H26N4O6/c1-9-12(11-10(20(23)24)7-17-19(11)6)25-8-16(5,22)13(9)18-14(21)26-15(2,3)4/h7,9,12-13,22H,8H2,1-6H3,(H,18,21). The van der Waals surface area contributed by atoms with E-state index in [-0.39, 0.29) is 18.0 Å². The number of rotatable bonds is 3. The van der Waals surface area contributed by atoms with E-state index in [1.807, 2.05) is 0 Å². The van der Waals surface area contributed by atoms with Crippen molar-refractivity contribution in [1.82, 2.24) is 15.1 Å². The average molecular weight is 370 g/mol. The highest BCUT2D eigenvalue weighted by Crippen LogP contribution is 2.40. The van der Waals surface area contributed by atoms with Crippen molar-refractivity contribution < 1.29 is 24.3 Å². The summed E-state index contributed by atoms with van der Waals surface area (Å²) >= 11 is 0. The van der Waals surface area contributed by atoms with Crippen LogP contribution in [-0.2, 0) is 16.5 Å². The summed E-state index contributed by atoms with van der Waals surface area (Å²) in [6, 6.07) is -0.731. The number of alkyl carbamates (subject to hydrolysis) is 1. The van der Waals surface area contributed by atoms with Crippen LogP contribution in [0.5, 0.6) is 0 Å². The van der Waals surface area contributed by atoms with Gasteiger partial charge in [0, 0.05) is 13.0 Å². The van der Waals surface area contributed by atoms with Crippen molar-refractivity contribution in [2.45, 2.75) is 58.0 Å². The number of carbonyl (C=O) groups is 1. The smallest absolute Gasteiger partial charge is 0.407 e. The first-order chi connectivity index (χ1) is 11.8. The quantitative estimate of drug-likeness (QED) is 0.612. The first-order valence-corrected chi connectivity index (χ1v) is 8.33. The lowest BCUT2D eigenvalue weighted by Gasteiger charge is -2.45. The Labute approximate surface area is 151 Å². The zero-order valence-corrected chi connectivity index (χ0v) is 15.8. The van der Waals surface area contributed by atoms with Crippen LogP contribution in [0.4, 0.5) is 10.5 Å². The minimum Gasteiger partial charge on any atom is -0.444 e. The lowest BCUT2D eigenvalue weighted by Crippen LogP contribution is -2.61. The predicted octanol–water partition coefficient (Wildman–Crippen LogP) is 1.68. The van der Waals surface area contributed by atoms with Gasteiger partial charge in [-0.15, -0.1) is 0 Å². The van der Waals surface area contributed by atoms with Gasteiger partial charge in [-0.05, 0) is 27.7 Å². The van der Waals surface area contributed by atoms with Gasteiger partial charge in [0.15, 0.2) is 0 Å². The second-order valence-electron chi connectivity index (χ2n) is 7.87. The van der Waals surface area contributed by atoms with Crippen LogP contribution >= 0.6 is 0 Å². The van der Waals surface area contributed by atoms with Crippen molar-refractivity contribution in [2.75, 3.05) is 6.61 Å². The summed E-state index contributed by atoms with van der Waals surface area (Å²) in [5.74, 6) is -0.472. The molecule has 4 atom stereocenters. The summed E-state index contributed by atoms with van der Waals surface area (Å²) in [5, 5.41) is 28.6. The van der Waals surface area contributed by atoms with Gasteiger partial charge in [0.2, 0.25) is 0 Å². The number of aromatic nitrogens is 2. The Morgan fingerprint density at radius 1 is 1.58 bits per heavy atom. The number of hydrogen-bond donors (Lipinski definition) is 2. The van der Waals surface area contributed by atoms with Crippen molar-refractivity contribution >= 4 is 11.8 Å². The SMILES string of the molecule is CC1C(c2c([N+](=O)[O-])cnn2C)OCC(C)(O)C1NC(=O)OC(C)(C)C. The number of hydrogen-bond acceptors (Lipinski definition) is 7. The van der Waals surface area contributed by atoms with Gasteiger partial charge in [0.25, 0.3) is 0 Å². The van der Waals surface area contributed by atoms with E-state index < -0.39 is 40.3 Å². The first kappa shape index (κ1) is 20.1. The molecule has 0 saturated carbocycles. The molecule has 2 rings (SSSR count). The first-order valence-electron chi connectivity index (χ1n) is 8.33. The molecule has 0 aliphatic carbocycles. The molecule has 2 heterocycles. The van der Waals surface area contributed by atoms with Crippen molar-refractivity contribution in [3.63, 3.8) is 0 Å². The molecule has 146 valence electrons. The molecule has 0 radical (unpaired) electrons. The summed E-state index contributed by atoms with van der Waals surface area (Å²) in [4.78, 5) is 22.9. The Kier molecular flexibility index (Phi) is 5.29. The van der Waals surface area contributed by atoms with Gasteiger partial charge in [0.05, 0.1) is 17.6 Å². The van der Waals surface area contributed by atoms with E-state index in [1.165, 1.54) is 4.68 Å². The van der Waals surface area contributed by atoms with E-state index in [2.05, 4.69) is 10.4 Å². The highest BCUT2D eigenvalue weighted by molar-refractivity contribution is 5.68. The Bertz CT molecular complexity index is 693. The van der Waals surface area contributed by atoms with Crippen LogP contribution < -0.4 is 5.32 Å². The predicted molar refractivity (Wildman–Crippen MR) is 91.5 cm³/mol. The van der Waals surface area contributed by atoms with E-state index >= 15 is 0 Å². The third-order valence-corrected chi connectivity index (χ3v) is 4.33. The lowest BCUT2D eigenvalue weighted by atomic mass is 9.80. The normalized spacial score (nSPS) is 29.3. The minimum atomic E-state index is -1.36. The molecule has 1 fully saturated rings. The van der Waals surface area contributed by atoms with Gasteiger partial charge >= 0.3 is 11.8 Å². The summed E-state index contributed by atoms with van der Waals surface area (Å²) in [6.45, 7) is 8.39. The molecule has 1 amide bonds. The number of ether oxygens (including phenoxy) is 2. The largest absolute Gasteiger partial charge is 0.444 e. The zero-order chi connectivity index (χ0) is 19.9. The van der Waals surface area contributed by atoms with Crippen molar-refractivity contribution in [3.05, 3.63) is 22.0 Å². The number of nitro groups is 1. The molecular formula is C16H26N4O6. The Morgan fingerprint density at radius 3 is 2.73 bits per heavy atom. The molecule has 2 N–H and O–H groups in total. The van der Waals surface area contributed by atoms with Gasteiger partial charge in [-0.3, -0.25) is 14.8 Å². The number of aryl methyl sites for hydroxylation is 1. The van der Waals surface area contributed by atoms with E-state index in [4.69, 9.17) is 9.47 Å². The highest BCUT2D eigenvalue weighted by Gasteiger charge is 2.48. The van der Waals surface area contributed by atoms with Crippen LogP contribution in [0.15, 0.2) is 6.20 Å². The molecule has 1 aromatic heterocycles. The van der Waals surface area contributed by atoms with Crippen molar-refractivity contribution in [3.8, 4) is 0 Å². The van der Waals surface area contributed by atoms with Gasteiger partial charge in [0.1, 0.15) is 29.2 Å². The highest BCUT2D eigenvalue weighted by atomic mass is 16.6. The molecule has 0 spiro atoms. The third kappa shape index (κ3) is 4.13. The fraction of sp³-hybridized carbons (Fsp3) is 0.750. The molecule has 1 aromatic rings. The minimum absolute atomic E-state index is 0.106. The van der Waals surface area contributed by atoms with Crippen LogP contribution in [0.1, 0.15) is 46.4 Å². The maximum absolute atomic E-state index is 12.2. The number of amides is 1. The van der Waals surface area contributed by atoms with Gasteiger partial charge in [-0.2, -0.15) is 5.10 Å². The summed E-state index contributed by atoms with van der Waals surface area (Å²) in [6.07, 6.45) is -0.230. The number of nitrogens with zero attached hydrogens (tertiary/aromatic N) is 3. The molecular weight excluding hydrogens is 344 g/mol. The van der Waals surface area contributed by atoms with Gasteiger partial charge in [-0.25, -0.2) is 4.79 Å². The van der Waals surface area contributed by atoms with Crippen LogP contribution in [0.2, 0.25) is 0 Å². The second-order valence-corrected chi connectivity index (χ2v) is 7.87. The van der Waals surface area contributed by atoms with E-state index in [0.29, 0.717) is 0 Å². The van der Waals surface area contributed by atoms with Crippen LogP contribution in [0, 0.1) is 16.0 Å². The molecule has 0 aromatic carbocycles. The second kappa shape index (κ2) is 6.84. The van der Waals surface area contributed by atoms with Crippen molar-refractivity contribution in [1.29, 1.82) is 0 Å². The van der Waals surface area contributed by atoms with E-state index in [0.717, 1.165) is 6.20 Å². The van der Waals surface area contributed by atoms with Gasteiger partial charge in [-0.1, -0.05) is 6.92 Å². The maximum atomic E-state index is 12.2. The lowest BCUT2D eigenvalue weighted by molar-refractivity contribution is -0.386. The molecule has 4 unspecified atom stereocenters. The van der Waals surface area contributed by atoms with Crippen LogP contribution in [0.3, 0.4) is 0 Å². The Morgan fingerprint density at radius 2 is 2.19 bits per heavy atom. The molecule has 0 bridgehead atoms. The number of aliphatic hydroxyl groups is 1. The fourth-order valence-electron chi connectivity index (χ4n) is 3.20. The van der Waals surface area contributed by atoms with Gasteiger partial charge < -0.3 is 19.9 Å².